The highest BCUT2D eigenvalue weighted by Crippen LogP contribution is 2.20. The maximum Gasteiger partial charge on any atom is 0.257 e. The number of amides is 2. The summed E-state index contributed by atoms with van der Waals surface area (Å²) in [6.45, 7) is 1.05. The summed E-state index contributed by atoms with van der Waals surface area (Å²) in [7, 11) is 1.72. The molecular weight excluding hydrogens is 506 g/mol. The fourth-order valence-electron chi connectivity index (χ4n) is 4.01. The molecule has 4 rings (SSSR count). The van der Waals surface area contributed by atoms with Gasteiger partial charge in [-0.3, -0.25) is 14.9 Å². The van der Waals surface area contributed by atoms with E-state index in [2.05, 4.69) is 22.8 Å². The van der Waals surface area contributed by atoms with Gasteiger partial charge in [0.2, 0.25) is 0 Å². The Morgan fingerprint density at radius 3 is 2.00 bits per heavy atom. The molecule has 4 aromatic carbocycles. The first-order valence-corrected chi connectivity index (χ1v) is 13.2. The van der Waals surface area contributed by atoms with Gasteiger partial charge in [0, 0.05) is 25.6 Å². The summed E-state index contributed by atoms with van der Waals surface area (Å²) in [6, 6.07) is 34.2. The van der Waals surface area contributed by atoms with Crippen LogP contribution in [0.25, 0.3) is 0 Å². The zero-order valence-corrected chi connectivity index (χ0v) is 22.6. The van der Waals surface area contributed by atoms with Gasteiger partial charge in [-0.05, 0) is 66.2 Å². The summed E-state index contributed by atoms with van der Waals surface area (Å²) in [5.41, 5.74) is 3.88. The molecule has 7 heteroatoms. The van der Waals surface area contributed by atoms with Gasteiger partial charge in [-0.1, -0.05) is 72.8 Å². The molecular formula is C32H31N3O3S. The molecule has 0 fully saturated rings. The second-order valence-corrected chi connectivity index (χ2v) is 9.32. The monoisotopic (exact) mass is 537 g/mol. The second-order valence-electron chi connectivity index (χ2n) is 8.94. The van der Waals surface area contributed by atoms with E-state index in [-0.39, 0.29) is 16.9 Å². The zero-order valence-electron chi connectivity index (χ0n) is 21.8. The second kappa shape index (κ2) is 13.9. The molecule has 0 saturated carbocycles. The van der Waals surface area contributed by atoms with Crippen molar-refractivity contribution < 1.29 is 14.3 Å². The van der Waals surface area contributed by atoms with Gasteiger partial charge in [0.15, 0.2) is 5.11 Å². The molecule has 0 aliphatic carbocycles. The lowest BCUT2D eigenvalue weighted by molar-refractivity contribution is 0.0952. The van der Waals surface area contributed by atoms with Crippen molar-refractivity contribution in [3.63, 3.8) is 0 Å². The van der Waals surface area contributed by atoms with E-state index in [9.17, 15) is 9.59 Å². The molecule has 0 aliphatic heterocycles. The minimum Gasteiger partial charge on any atom is -0.493 e. The van der Waals surface area contributed by atoms with Crippen LogP contribution in [0.3, 0.4) is 0 Å². The highest BCUT2D eigenvalue weighted by molar-refractivity contribution is 7.80. The number of para-hydroxylation sites is 1. The van der Waals surface area contributed by atoms with Crippen molar-refractivity contribution in [3.05, 3.63) is 131 Å². The minimum absolute atomic E-state index is 0.188. The molecule has 0 bridgehead atoms. The third kappa shape index (κ3) is 7.99. The molecule has 4 aromatic rings. The van der Waals surface area contributed by atoms with Crippen LogP contribution in [0.4, 0.5) is 5.69 Å². The van der Waals surface area contributed by atoms with Gasteiger partial charge in [-0.25, -0.2) is 0 Å². The first kappa shape index (κ1) is 27.5. The Bertz CT molecular complexity index is 1390. The number of anilines is 1. The van der Waals surface area contributed by atoms with E-state index >= 15 is 0 Å². The van der Waals surface area contributed by atoms with Gasteiger partial charge in [0.25, 0.3) is 11.8 Å². The molecule has 198 valence electrons. The largest absolute Gasteiger partial charge is 0.493 e. The van der Waals surface area contributed by atoms with Crippen LogP contribution in [0, 0.1) is 0 Å². The third-order valence-electron chi connectivity index (χ3n) is 6.20. The van der Waals surface area contributed by atoms with Crippen LogP contribution in [-0.4, -0.2) is 37.1 Å². The Morgan fingerprint density at radius 2 is 1.33 bits per heavy atom. The molecule has 0 radical (unpaired) electrons. The molecule has 0 unspecified atom stereocenters. The molecule has 2 N–H and O–H groups in total. The highest BCUT2D eigenvalue weighted by Gasteiger charge is 2.18. The number of hydrogen-bond acceptors (Lipinski definition) is 4. The standard InChI is InChI=1S/C32H31N3O3S/c1-35(29-15-9-8-14-28(29)31(37)33-22-20-24-10-4-2-5-11-24)32(39)34-30(36)26-16-18-27(19-17-26)38-23-21-25-12-6-3-7-13-25/h2-19H,20-23H2,1H3,(H,33,37)(H,34,36,39). The Balaban J connectivity index is 1.30. The van der Waals surface area contributed by atoms with E-state index in [0.29, 0.717) is 35.7 Å². The van der Waals surface area contributed by atoms with Crippen molar-refractivity contribution in [2.24, 2.45) is 0 Å². The lowest BCUT2D eigenvalue weighted by Gasteiger charge is -2.23. The number of carbonyl (C=O) groups is 2. The van der Waals surface area contributed by atoms with Crippen LogP contribution in [0.2, 0.25) is 0 Å². The summed E-state index contributed by atoms with van der Waals surface area (Å²) in [6.07, 6.45) is 1.53. The highest BCUT2D eigenvalue weighted by atomic mass is 32.1. The fraction of sp³-hybridized carbons (Fsp3) is 0.156. The van der Waals surface area contributed by atoms with Gasteiger partial charge in [0.1, 0.15) is 5.75 Å². The lowest BCUT2D eigenvalue weighted by Crippen LogP contribution is -2.41. The van der Waals surface area contributed by atoms with Crippen molar-refractivity contribution in [1.29, 1.82) is 0 Å². The Labute approximate surface area is 234 Å². The normalized spacial score (nSPS) is 10.4. The van der Waals surface area contributed by atoms with Crippen molar-refractivity contribution >= 4 is 34.8 Å². The number of benzene rings is 4. The number of nitrogens with zero attached hydrogens (tertiary/aromatic N) is 1. The molecule has 0 spiro atoms. The maximum atomic E-state index is 12.9. The summed E-state index contributed by atoms with van der Waals surface area (Å²) in [4.78, 5) is 27.4. The van der Waals surface area contributed by atoms with Crippen molar-refractivity contribution in [2.45, 2.75) is 12.8 Å². The van der Waals surface area contributed by atoms with Crippen LogP contribution in [0.5, 0.6) is 5.75 Å². The van der Waals surface area contributed by atoms with Crippen LogP contribution in [0.15, 0.2) is 109 Å². The average molecular weight is 538 g/mol. The van der Waals surface area contributed by atoms with Crippen molar-refractivity contribution in [1.82, 2.24) is 10.6 Å². The number of rotatable bonds is 10. The third-order valence-corrected chi connectivity index (χ3v) is 6.57. The van der Waals surface area contributed by atoms with Gasteiger partial charge in [-0.2, -0.15) is 0 Å². The first-order chi connectivity index (χ1) is 19.0. The Hall–Kier alpha value is -4.49. The Morgan fingerprint density at radius 1 is 0.744 bits per heavy atom. The molecule has 0 atom stereocenters. The number of nitrogens with one attached hydrogen (secondary N) is 2. The lowest BCUT2D eigenvalue weighted by atomic mass is 10.1. The number of hydrogen-bond donors (Lipinski definition) is 2. The first-order valence-electron chi connectivity index (χ1n) is 12.8. The molecule has 6 nitrogen and oxygen atoms in total. The van der Waals surface area contributed by atoms with E-state index in [1.807, 2.05) is 54.6 Å². The molecule has 0 heterocycles. The van der Waals surface area contributed by atoms with Crippen LogP contribution in [0.1, 0.15) is 31.8 Å². The maximum absolute atomic E-state index is 12.9. The number of carbonyl (C=O) groups excluding carboxylic acids is 2. The number of ether oxygens (including phenoxy) is 1. The smallest absolute Gasteiger partial charge is 0.257 e. The predicted octanol–water partition coefficient (Wildman–Crippen LogP) is 5.43. The molecule has 0 aromatic heterocycles. The van der Waals surface area contributed by atoms with E-state index in [4.69, 9.17) is 17.0 Å². The van der Waals surface area contributed by atoms with Crippen LogP contribution in [-0.2, 0) is 12.8 Å². The topological polar surface area (TPSA) is 70.7 Å². The van der Waals surface area contributed by atoms with Gasteiger partial charge >= 0.3 is 0 Å². The molecule has 2 amide bonds. The SMILES string of the molecule is CN(C(=S)NC(=O)c1ccc(OCCc2ccccc2)cc1)c1ccccc1C(=O)NCCc1ccccc1. The van der Waals surface area contributed by atoms with E-state index in [1.54, 1.807) is 54.4 Å². The molecule has 0 aliphatic rings. The average Bonchev–Trinajstić information content (AvgIpc) is 2.98. The fourth-order valence-corrected chi connectivity index (χ4v) is 4.21. The van der Waals surface area contributed by atoms with Gasteiger partial charge in [-0.15, -0.1) is 0 Å². The summed E-state index contributed by atoms with van der Waals surface area (Å²) < 4.78 is 5.81. The van der Waals surface area contributed by atoms with Crippen molar-refractivity contribution in [3.8, 4) is 5.75 Å². The minimum atomic E-state index is -0.340. The van der Waals surface area contributed by atoms with E-state index < -0.39 is 0 Å². The summed E-state index contributed by atoms with van der Waals surface area (Å²) in [5.74, 6) is 0.146. The van der Waals surface area contributed by atoms with Crippen LogP contribution >= 0.6 is 12.2 Å². The van der Waals surface area contributed by atoms with Crippen molar-refractivity contribution in [2.75, 3.05) is 25.1 Å². The predicted molar refractivity (Wildman–Crippen MR) is 159 cm³/mol. The summed E-state index contributed by atoms with van der Waals surface area (Å²) in [5, 5.41) is 5.91. The molecule has 39 heavy (non-hydrogen) atoms. The van der Waals surface area contributed by atoms with Gasteiger partial charge < -0.3 is 15.0 Å². The quantitative estimate of drug-likeness (QED) is 0.264. The van der Waals surface area contributed by atoms with E-state index in [1.165, 1.54) is 5.56 Å². The van der Waals surface area contributed by atoms with Crippen LogP contribution < -0.4 is 20.3 Å². The number of thiocarbonyl (C=S) groups is 1. The summed E-state index contributed by atoms with van der Waals surface area (Å²) >= 11 is 5.50. The van der Waals surface area contributed by atoms with Gasteiger partial charge in [0.05, 0.1) is 17.9 Å². The molecule has 0 saturated heterocycles. The van der Waals surface area contributed by atoms with E-state index in [0.717, 1.165) is 18.4 Å². The zero-order chi connectivity index (χ0) is 27.5. The Kier molecular flexibility index (Phi) is 9.80.